The third kappa shape index (κ3) is 3.31. The lowest BCUT2D eigenvalue weighted by atomic mass is 9.87. The van der Waals surface area contributed by atoms with Crippen molar-refractivity contribution in [3.8, 4) is 0 Å². The molecule has 1 heterocycles. The van der Waals surface area contributed by atoms with Crippen LogP contribution < -0.4 is 5.32 Å². The molecule has 2 aliphatic rings. The summed E-state index contributed by atoms with van der Waals surface area (Å²) in [5, 5.41) is 12.0. The predicted octanol–water partition coefficient (Wildman–Crippen LogP) is 1.22. The molecule has 2 amide bonds. The van der Waals surface area contributed by atoms with E-state index in [0.717, 1.165) is 12.8 Å². The summed E-state index contributed by atoms with van der Waals surface area (Å²) < 4.78 is 0. The van der Waals surface area contributed by atoms with Gasteiger partial charge in [-0.15, -0.1) is 0 Å². The van der Waals surface area contributed by atoms with Crippen LogP contribution in [0.4, 0.5) is 4.79 Å². The van der Waals surface area contributed by atoms with E-state index in [-0.39, 0.29) is 23.4 Å². The fourth-order valence-electron chi connectivity index (χ4n) is 3.36. The van der Waals surface area contributed by atoms with Crippen molar-refractivity contribution in [3.63, 3.8) is 0 Å². The van der Waals surface area contributed by atoms with Crippen LogP contribution in [0.1, 0.15) is 32.6 Å². The smallest absolute Gasteiger partial charge is 0.317 e. The number of carboxylic acid groups (broad SMARTS) is 1. The Bertz CT molecular complexity index is 399. The lowest BCUT2D eigenvalue weighted by Crippen LogP contribution is -2.59. The second-order valence-electron chi connectivity index (χ2n) is 6.78. The maximum atomic E-state index is 12.1. The molecule has 2 fully saturated rings. The van der Waals surface area contributed by atoms with Gasteiger partial charge in [-0.3, -0.25) is 4.79 Å². The van der Waals surface area contributed by atoms with E-state index in [0.29, 0.717) is 19.6 Å². The van der Waals surface area contributed by atoms with Crippen molar-refractivity contribution in [1.82, 2.24) is 15.1 Å². The summed E-state index contributed by atoms with van der Waals surface area (Å²) in [5.74, 6) is -1.07. The van der Waals surface area contributed by atoms with Gasteiger partial charge in [-0.05, 0) is 26.9 Å². The minimum absolute atomic E-state index is 0.0584. The Labute approximate surface area is 126 Å². The number of rotatable bonds is 5. The maximum absolute atomic E-state index is 12.1. The topological polar surface area (TPSA) is 72.9 Å². The van der Waals surface area contributed by atoms with Crippen LogP contribution >= 0.6 is 0 Å². The minimum atomic E-state index is -0.780. The molecule has 0 aromatic carbocycles. The van der Waals surface area contributed by atoms with Crippen LogP contribution in [-0.4, -0.2) is 66.2 Å². The summed E-state index contributed by atoms with van der Waals surface area (Å²) >= 11 is 0. The summed E-state index contributed by atoms with van der Waals surface area (Å²) in [6.45, 7) is 3.48. The van der Waals surface area contributed by atoms with Gasteiger partial charge in [0.1, 0.15) is 0 Å². The number of nitrogens with zero attached hydrogens (tertiary/aromatic N) is 2. The summed E-state index contributed by atoms with van der Waals surface area (Å²) in [5.41, 5.74) is 0.0916. The standard InChI is InChI=1S/C15H27N3O3/c1-11(13(19)20)12-8-18(9-12)14(21)16-10-15(17(2)3)6-4-5-7-15/h11-12H,4-10H2,1-3H3,(H,16,21)(H,19,20). The van der Waals surface area contributed by atoms with Crippen LogP contribution in [0.15, 0.2) is 0 Å². The number of urea groups is 1. The quantitative estimate of drug-likeness (QED) is 0.800. The molecule has 1 saturated heterocycles. The Hall–Kier alpha value is -1.30. The van der Waals surface area contributed by atoms with Crippen molar-refractivity contribution in [2.75, 3.05) is 33.7 Å². The van der Waals surface area contributed by atoms with E-state index in [9.17, 15) is 9.59 Å². The Morgan fingerprint density at radius 3 is 2.38 bits per heavy atom. The minimum Gasteiger partial charge on any atom is -0.481 e. The van der Waals surface area contributed by atoms with Gasteiger partial charge in [0.05, 0.1) is 5.92 Å². The molecular formula is C15H27N3O3. The highest BCUT2D eigenvalue weighted by molar-refractivity contribution is 5.76. The van der Waals surface area contributed by atoms with Gasteiger partial charge in [0.2, 0.25) is 0 Å². The zero-order valence-electron chi connectivity index (χ0n) is 13.3. The average molecular weight is 297 g/mol. The molecule has 6 nitrogen and oxygen atoms in total. The van der Waals surface area contributed by atoms with Gasteiger partial charge in [-0.2, -0.15) is 0 Å². The van der Waals surface area contributed by atoms with Gasteiger partial charge in [-0.1, -0.05) is 19.8 Å². The lowest BCUT2D eigenvalue weighted by Gasteiger charge is -2.42. The molecule has 0 spiro atoms. The number of aliphatic carboxylic acids is 1. The van der Waals surface area contributed by atoms with Crippen molar-refractivity contribution >= 4 is 12.0 Å². The normalized spacial score (nSPS) is 23.0. The monoisotopic (exact) mass is 297 g/mol. The van der Waals surface area contributed by atoms with Gasteiger partial charge in [0, 0.05) is 31.1 Å². The number of nitrogens with one attached hydrogen (secondary N) is 1. The van der Waals surface area contributed by atoms with E-state index in [4.69, 9.17) is 5.11 Å². The first-order chi connectivity index (χ1) is 9.85. The molecule has 1 aliphatic heterocycles. The number of carbonyl (C=O) groups excluding carboxylic acids is 1. The zero-order chi connectivity index (χ0) is 15.6. The van der Waals surface area contributed by atoms with Crippen LogP contribution in [-0.2, 0) is 4.79 Å². The molecule has 1 aliphatic carbocycles. The van der Waals surface area contributed by atoms with Crippen molar-refractivity contribution < 1.29 is 14.7 Å². The summed E-state index contributed by atoms with van der Waals surface area (Å²) in [6.07, 6.45) is 4.68. The highest BCUT2D eigenvalue weighted by atomic mass is 16.4. The molecule has 1 atom stereocenters. The third-order valence-corrected chi connectivity index (χ3v) is 5.35. The third-order valence-electron chi connectivity index (χ3n) is 5.35. The molecule has 0 radical (unpaired) electrons. The Morgan fingerprint density at radius 1 is 1.33 bits per heavy atom. The second-order valence-corrected chi connectivity index (χ2v) is 6.78. The van der Waals surface area contributed by atoms with E-state index in [2.05, 4.69) is 24.3 Å². The molecule has 6 heteroatoms. The Balaban J connectivity index is 1.77. The van der Waals surface area contributed by atoms with Crippen molar-refractivity contribution in [2.24, 2.45) is 11.8 Å². The number of hydrogen-bond donors (Lipinski definition) is 2. The first kappa shape index (κ1) is 16.1. The fraction of sp³-hybridized carbons (Fsp3) is 0.867. The molecule has 1 saturated carbocycles. The first-order valence-corrected chi connectivity index (χ1v) is 7.79. The largest absolute Gasteiger partial charge is 0.481 e. The summed E-state index contributed by atoms with van der Waals surface area (Å²) in [7, 11) is 4.15. The van der Waals surface area contributed by atoms with Gasteiger partial charge in [0.25, 0.3) is 0 Å². The second kappa shape index (κ2) is 6.22. The zero-order valence-corrected chi connectivity index (χ0v) is 13.3. The van der Waals surface area contributed by atoms with E-state index in [1.165, 1.54) is 12.8 Å². The Kier molecular flexibility index (Phi) is 4.76. The van der Waals surface area contributed by atoms with Gasteiger partial charge >= 0.3 is 12.0 Å². The highest BCUT2D eigenvalue weighted by Crippen LogP contribution is 2.33. The van der Waals surface area contributed by atoms with Gasteiger partial charge in [-0.25, -0.2) is 4.79 Å². The van der Waals surface area contributed by atoms with Crippen LogP contribution in [0, 0.1) is 11.8 Å². The van der Waals surface area contributed by atoms with E-state index in [1.54, 1.807) is 11.8 Å². The number of hydrogen-bond acceptors (Lipinski definition) is 3. The molecule has 2 rings (SSSR count). The van der Waals surface area contributed by atoms with Crippen LogP contribution in [0.25, 0.3) is 0 Å². The molecular weight excluding hydrogens is 270 g/mol. The molecule has 120 valence electrons. The SMILES string of the molecule is CC(C(=O)O)C1CN(C(=O)NCC2(N(C)C)CCCC2)C1. The number of carboxylic acids is 1. The van der Waals surface area contributed by atoms with E-state index in [1.807, 2.05) is 0 Å². The maximum Gasteiger partial charge on any atom is 0.317 e. The predicted molar refractivity (Wildman–Crippen MR) is 80.1 cm³/mol. The van der Waals surface area contributed by atoms with Gasteiger partial charge < -0.3 is 20.2 Å². The molecule has 0 bridgehead atoms. The van der Waals surface area contributed by atoms with Crippen LogP contribution in [0.2, 0.25) is 0 Å². The summed E-state index contributed by atoms with van der Waals surface area (Å²) in [4.78, 5) is 27.0. The van der Waals surface area contributed by atoms with Crippen LogP contribution in [0.5, 0.6) is 0 Å². The fourth-order valence-corrected chi connectivity index (χ4v) is 3.36. The van der Waals surface area contributed by atoms with Crippen molar-refractivity contribution in [3.05, 3.63) is 0 Å². The highest BCUT2D eigenvalue weighted by Gasteiger charge is 2.39. The summed E-state index contributed by atoms with van der Waals surface area (Å²) in [6, 6.07) is -0.0584. The molecule has 0 aromatic heterocycles. The number of amides is 2. The molecule has 21 heavy (non-hydrogen) atoms. The van der Waals surface area contributed by atoms with Crippen LogP contribution in [0.3, 0.4) is 0 Å². The average Bonchev–Trinajstić information content (AvgIpc) is 2.84. The molecule has 0 aromatic rings. The molecule has 1 unspecified atom stereocenters. The number of likely N-dealkylation sites (N-methyl/N-ethyl adjacent to an activating group) is 1. The van der Waals surface area contributed by atoms with Crippen molar-refractivity contribution in [2.45, 2.75) is 38.1 Å². The van der Waals surface area contributed by atoms with E-state index < -0.39 is 5.97 Å². The van der Waals surface area contributed by atoms with E-state index >= 15 is 0 Å². The molecule has 2 N–H and O–H groups in total. The van der Waals surface area contributed by atoms with Gasteiger partial charge in [0.15, 0.2) is 0 Å². The van der Waals surface area contributed by atoms with Crippen molar-refractivity contribution in [1.29, 1.82) is 0 Å². The number of likely N-dealkylation sites (tertiary alicyclic amines) is 1. The Morgan fingerprint density at radius 2 is 1.90 bits per heavy atom. The lowest BCUT2D eigenvalue weighted by molar-refractivity contribution is -0.144. The first-order valence-electron chi connectivity index (χ1n) is 7.79. The number of carbonyl (C=O) groups is 2.